The molecule has 7 N–H and O–H groups in total. The number of aliphatic hydroxyl groups excluding tert-OH is 7. The summed E-state index contributed by atoms with van der Waals surface area (Å²) in [6.45, 7) is 3.06. The fourth-order valence-electron chi connectivity index (χ4n) is 3.52. The van der Waals surface area contributed by atoms with E-state index in [0.717, 1.165) is 11.1 Å². The van der Waals surface area contributed by atoms with Crippen molar-refractivity contribution >= 4 is 6.08 Å². The summed E-state index contributed by atoms with van der Waals surface area (Å²) in [5.74, 6) is 0. The Labute approximate surface area is 184 Å². The third-order valence-electron chi connectivity index (χ3n) is 5.55. The van der Waals surface area contributed by atoms with Crippen LogP contribution in [0.15, 0.2) is 30.8 Å². The van der Waals surface area contributed by atoms with E-state index < -0.39 is 68.0 Å². The van der Waals surface area contributed by atoms with E-state index in [9.17, 15) is 35.7 Å². The number of ether oxygens (including phenoxy) is 4. The molecule has 0 bridgehead atoms. The molecule has 10 atom stereocenters. The Balaban J connectivity index is 1.59. The van der Waals surface area contributed by atoms with Gasteiger partial charge in [0.15, 0.2) is 12.6 Å². The average Bonchev–Trinajstić information content (AvgIpc) is 2.81. The van der Waals surface area contributed by atoms with Crippen molar-refractivity contribution in [1.82, 2.24) is 0 Å². The quantitative estimate of drug-likeness (QED) is 0.218. The smallest absolute Gasteiger partial charge is 0.189 e. The van der Waals surface area contributed by atoms with Crippen molar-refractivity contribution < 1.29 is 54.7 Å². The number of aliphatic hydroxyl groups is 7. The van der Waals surface area contributed by atoms with Gasteiger partial charge < -0.3 is 54.7 Å². The van der Waals surface area contributed by atoms with E-state index in [0.29, 0.717) is 0 Å². The van der Waals surface area contributed by atoms with Crippen LogP contribution in [0, 0.1) is 0 Å². The molecule has 1 aromatic rings. The second kappa shape index (κ2) is 11.1. The van der Waals surface area contributed by atoms with Crippen molar-refractivity contribution in [3.8, 4) is 0 Å². The maximum atomic E-state index is 10.2. The standard InChI is InChI=1S/C21H30O11/c1-2-10-3-5-11(6-4-10)8-29-9-13-15(24)17(26)19(28)21(31-13)32-20-18(27)16(25)14(23)12(7-22)30-20/h2-6,12-28H,1,7-9H2/t12-,13-,14-,15-,16+,17+,18-,19-,20-,21-/m1/s1. The van der Waals surface area contributed by atoms with E-state index in [4.69, 9.17) is 18.9 Å². The molecule has 11 nitrogen and oxygen atoms in total. The molecule has 0 aliphatic carbocycles. The van der Waals surface area contributed by atoms with Crippen molar-refractivity contribution in [2.75, 3.05) is 13.2 Å². The summed E-state index contributed by atoms with van der Waals surface area (Å²) in [7, 11) is 0. The highest BCUT2D eigenvalue weighted by atomic mass is 16.8. The first-order chi connectivity index (χ1) is 15.3. The molecule has 3 rings (SSSR count). The van der Waals surface area contributed by atoms with Gasteiger partial charge in [-0.25, -0.2) is 0 Å². The fourth-order valence-corrected chi connectivity index (χ4v) is 3.52. The van der Waals surface area contributed by atoms with Crippen LogP contribution < -0.4 is 0 Å². The third-order valence-corrected chi connectivity index (χ3v) is 5.55. The van der Waals surface area contributed by atoms with Crippen LogP contribution in [0.25, 0.3) is 6.08 Å². The molecule has 32 heavy (non-hydrogen) atoms. The van der Waals surface area contributed by atoms with E-state index >= 15 is 0 Å². The molecular formula is C21H30O11. The van der Waals surface area contributed by atoms with Gasteiger partial charge >= 0.3 is 0 Å². The second-order valence-corrected chi connectivity index (χ2v) is 7.81. The third kappa shape index (κ3) is 5.53. The lowest BCUT2D eigenvalue weighted by Crippen LogP contribution is -2.63. The first kappa shape index (κ1) is 25.1. The normalized spacial score (nSPS) is 40.2. The number of rotatable bonds is 8. The first-order valence-corrected chi connectivity index (χ1v) is 10.2. The molecule has 2 aliphatic rings. The fraction of sp³-hybridized carbons (Fsp3) is 0.619. The van der Waals surface area contributed by atoms with Gasteiger partial charge in [0.05, 0.1) is 19.8 Å². The summed E-state index contributed by atoms with van der Waals surface area (Å²) in [6, 6.07) is 7.42. The molecule has 0 amide bonds. The summed E-state index contributed by atoms with van der Waals surface area (Å²) >= 11 is 0. The van der Waals surface area contributed by atoms with Crippen molar-refractivity contribution in [1.29, 1.82) is 0 Å². The zero-order valence-corrected chi connectivity index (χ0v) is 17.3. The molecule has 0 aromatic heterocycles. The first-order valence-electron chi connectivity index (χ1n) is 10.2. The van der Waals surface area contributed by atoms with E-state index in [2.05, 4.69) is 6.58 Å². The van der Waals surface area contributed by atoms with Gasteiger partial charge in [0.1, 0.15) is 48.8 Å². The Morgan fingerprint density at radius 2 is 1.31 bits per heavy atom. The van der Waals surface area contributed by atoms with Gasteiger partial charge in [0, 0.05) is 0 Å². The summed E-state index contributed by atoms with van der Waals surface area (Å²) in [6.07, 6.45) is -13.6. The Bertz CT molecular complexity index is 727. The zero-order valence-electron chi connectivity index (χ0n) is 17.3. The van der Waals surface area contributed by atoms with Crippen LogP contribution in [0.3, 0.4) is 0 Å². The molecule has 0 radical (unpaired) electrons. The van der Waals surface area contributed by atoms with E-state index in [1.54, 1.807) is 6.08 Å². The highest BCUT2D eigenvalue weighted by molar-refractivity contribution is 5.47. The van der Waals surface area contributed by atoms with Gasteiger partial charge in [0.25, 0.3) is 0 Å². The summed E-state index contributed by atoms with van der Waals surface area (Å²) in [5.41, 5.74) is 1.81. The Kier molecular flexibility index (Phi) is 8.72. The van der Waals surface area contributed by atoms with Crippen molar-refractivity contribution in [3.63, 3.8) is 0 Å². The zero-order chi connectivity index (χ0) is 23.4. The van der Waals surface area contributed by atoms with Gasteiger partial charge in [-0.15, -0.1) is 0 Å². The second-order valence-electron chi connectivity index (χ2n) is 7.81. The van der Waals surface area contributed by atoms with Crippen molar-refractivity contribution in [3.05, 3.63) is 42.0 Å². The molecule has 2 saturated heterocycles. The van der Waals surface area contributed by atoms with Gasteiger partial charge in [-0.05, 0) is 11.1 Å². The molecule has 2 heterocycles. The van der Waals surface area contributed by atoms with Crippen LogP contribution in [-0.4, -0.2) is 110 Å². The molecule has 2 fully saturated rings. The molecule has 1 aromatic carbocycles. The SMILES string of the molecule is C=Cc1ccc(COC[C@H]2O[C@H](O[C@H]3O[C@H](CO)[C@@H](O)[C@H](O)[C@H]3O)[C@H](O)[C@@H](O)[C@@H]2O)cc1. The van der Waals surface area contributed by atoms with Crippen LogP contribution in [0.4, 0.5) is 0 Å². The minimum atomic E-state index is -1.72. The molecule has 0 saturated carbocycles. The highest BCUT2D eigenvalue weighted by Crippen LogP contribution is 2.28. The maximum absolute atomic E-state index is 10.2. The summed E-state index contributed by atoms with van der Waals surface area (Å²) in [4.78, 5) is 0. The van der Waals surface area contributed by atoms with Gasteiger partial charge in [-0.1, -0.05) is 36.9 Å². The minimum Gasteiger partial charge on any atom is -0.394 e. The molecule has 0 unspecified atom stereocenters. The Morgan fingerprint density at radius 3 is 1.84 bits per heavy atom. The van der Waals surface area contributed by atoms with Gasteiger partial charge in [-0.3, -0.25) is 0 Å². The number of hydrogen-bond acceptors (Lipinski definition) is 11. The maximum Gasteiger partial charge on any atom is 0.189 e. The lowest BCUT2D eigenvalue weighted by Gasteiger charge is -2.44. The topological polar surface area (TPSA) is 179 Å². The summed E-state index contributed by atoms with van der Waals surface area (Å²) in [5, 5.41) is 69.8. The Hall–Kier alpha value is -1.48. The predicted molar refractivity (Wildman–Crippen MR) is 108 cm³/mol. The number of hydrogen-bond donors (Lipinski definition) is 7. The number of benzene rings is 1. The van der Waals surface area contributed by atoms with E-state index in [-0.39, 0.29) is 13.2 Å². The minimum absolute atomic E-state index is 0.150. The molecule has 0 spiro atoms. The van der Waals surface area contributed by atoms with Crippen LogP contribution in [0.1, 0.15) is 11.1 Å². The van der Waals surface area contributed by atoms with Crippen LogP contribution in [0.5, 0.6) is 0 Å². The lowest BCUT2D eigenvalue weighted by molar-refractivity contribution is -0.377. The van der Waals surface area contributed by atoms with Crippen LogP contribution in [0.2, 0.25) is 0 Å². The van der Waals surface area contributed by atoms with Gasteiger partial charge in [-0.2, -0.15) is 0 Å². The molecule has 2 aliphatic heterocycles. The molecule has 11 heteroatoms. The van der Waals surface area contributed by atoms with E-state index in [1.807, 2.05) is 24.3 Å². The highest BCUT2D eigenvalue weighted by Gasteiger charge is 2.49. The van der Waals surface area contributed by atoms with Crippen molar-refractivity contribution in [2.24, 2.45) is 0 Å². The average molecular weight is 458 g/mol. The Morgan fingerprint density at radius 1 is 0.781 bits per heavy atom. The molecule has 180 valence electrons. The monoisotopic (exact) mass is 458 g/mol. The van der Waals surface area contributed by atoms with E-state index in [1.165, 1.54) is 0 Å². The van der Waals surface area contributed by atoms with Crippen molar-refractivity contribution in [2.45, 2.75) is 68.0 Å². The summed E-state index contributed by atoms with van der Waals surface area (Å²) < 4.78 is 21.7. The van der Waals surface area contributed by atoms with Crippen LogP contribution >= 0.6 is 0 Å². The predicted octanol–water partition coefficient (Wildman–Crippen LogP) is -2.53. The largest absolute Gasteiger partial charge is 0.394 e. The van der Waals surface area contributed by atoms with Gasteiger partial charge in [0.2, 0.25) is 0 Å². The van der Waals surface area contributed by atoms with Crippen LogP contribution in [-0.2, 0) is 25.6 Å². The lowest BCUT2D eigenvalue weighted by atomic mass is 9.98. The molecular weight excluding hydrogens is 428 g/mol.